The minimum atomic E-state index is -0.276. The van der Waals surface area contributed by atoms with E-state index in [-0.39, 0.29) is 23.7 Å². The van der Waals surface area contributed by atoms with Crippen molar-refractivity contribution in [3.63, 3.8) is 0 Å². The third-order valence-corrected chi connectivity index (χ3v) is 6.24. The molecule has 4 rings (SSSR count). The number of amides is 2. The summed E-state index contributed by atoms with van der Waals surface area (Å²) in [5, 5.41) is 0. The molecule has 1 aliphatic heterocycles. The molecule has 3 aromatic rings. The summed E-state index contributed by atoms with van der Waals surface area (Å²) in [6.45, 7) is 3.15. The number of hydrogen-bond donors (Lipinski definition) is 1. The van der Waals surface area contributed by atoms with Gasteiger partial charge in [0, 0.05) is 43.7 Å². The van der Waals surface area contributed by atoms with E-state index in [1.165, 1.54) is 0 Å². The summed E-state index contributed by atoms with van der Waals surface area (Å²) >= 11 is 0. The van der Waals surface area contributed by atoms with Crippen molar-refractivity contribution in [1.82, 2.24) is 14.3 Å². The van der Waals surface area contributed by atoms with E-state index in [1.807, 2.05) is 60.6 Å². The number of nitrogens with two attached hydrogens (primary N) is 1. The highest BCUT2D eigenvalue weighted by Crippen LogP contribution is 2.32. The van der Waals surface area contributed by atoms with Crippen LogP contribution in [0.4, 0.5) is 0 Å². The van der Waals surface area contributed by atoms with Crippen LogP contribution in [0.2, 0.25) is 0 Å². The van der Waals surface area contributed by atoms with Crippen LogP contribution in [0.5, 0.6) is 5.75 Å². The van der Waals surface area contributed by atoms with Gasteiger partial charge < -0.3 is 19.8 Å². The molecule has 0 radical (unpaired) electrons. The summed E-state index contributed by atoms with van der Waals surface area (Å²) < 4.78 is 7.48. The second kappa shape index (κ2) is 8.79. The van der Waals surface area contributed by atoms with E-state index in [2.05, 4.69) is 9.38 Å². The van der Waals surface area contributed by atoms with E-state index >= 15 is 0 Å². The number of fused-ring (bicyclic) bond motifs is 1. The second-order valence-electron chi connectivity index (χ2n) is 8.16. The molecule has 1 fully saturated rings. The van der Waals surface area contributed by atoms with Gasteiger partial charge in [0.05, 0.1) is 12.8 Å². The number of pyridine rings is 1. The standard InChI is InChI=1S/C24H28N4O3/c1-16-5-4-10-28-21(15-26-24(16)28)20(18-6-3-7-19(13-18)31-2)14-22(29)27-11-8-17(9-12-27)23(25)30/h3-7,10,13,15,17,20H,8-9,11-12,14H2,1-2H3,(H2,25,30). The van der Waals surface area contributed by atoms with E-state index in [9.17, 15) is 9.59 Å². The SMILES string of the molecule is COc1cccc(C(CC(=O)N2CCC(C(N)=O)CC2)c2cnc3c(C)cccn23)c1. The third-order valence-electron chi connectivity index (χ3n) is 6.24. The Hall–Kier alpha value is -3.35. The number of piperidine rings is 1. The van der Waals surface area contributed by atoms with Crippen molar-refractivity contribution in [3.05, 3.63) is 65.6 Å². The molecule has 0 bridgehead atoms. The summed E-state index contributed by atoms with van der Waals surface area (Å²) in [7, 11) is 1.64. The summed E-state index contributed by atoms with van der Waals surface area (Å²) in [5.41, 5.74) is 9.38. The molecule has 7 heteroatoms. The van der Waals surface area contributed by atoms with Crippen molar-refractivity contribution in [1.29, 1.82) is 0 Å². The molecule has 0 spiro atoms. The number of carbonyl (C=O) groups excluding carboxylic acids is 2. The average molecular weight is 421 g/mol. The van der Waals surface area contributed by atoms with E-state index < -0.39 is 0 Å². The number of imidazole rings is 1. The van der Waals surface area contributed by atoms with Crippen LogP contribution in [0.3, 0.4) is 0 Å². The average Bonchev–Trinajstić information content (AvgIpc) is 3.22. The number of likely N-dealkylation sites (tertiary alicyclic amines) is 1. The van der Waals surface area contributed by atoms with Gasteiger partial charge in [-0.3, -0.25) is 9.59 Å². The van der Waals surface area contributed by atoms with Gasteiger partial charge in [-0.25, -0.2) is 4.98 Å². The first-order chi connectivity index (χ1) is 15.0. The predicted octanol–water partition coefficient (Wildman–Crippen LogP) is 2.90. The number of hydrogen-bond acceptors (Lipinski definition) is 4. The maximum atomic E-state index is 13.3. The van der Waals surface area contributed by atoms with Gasteiger partial charge in [0.2, 0.25) is 11.8 Å². The molecular formula is C24H28N4O3. The van der Waals surface area contributed by atoms with Gasteiger partial charge in [-0.2, -0.15) is 0 Å². The number of methoxy groups -OCH3 is 1. The molecule has 1 unspecified atom stereocenters. The lowest BCUT2D eigenvalue weighted by molar-refractivity contribution is -0.135. The molecule has 1 aromatic carbocycles. The number of aryl methyl sites for hydroxylation is 1. The topological polar surface area (TPSA) is 89.9 Å². The van der Waals surface area contributed by atoms with Crippen LogP contribution in [-0.2, 0) is 9.59 Å². The zero-order valence-electron chi connectivity index (χ0n) is 18.0. The Morgan fingerprint density at radius 1 is 1.23 bits per heavy atom. The fourth-order valence-corrected chi connectivity index (χ4v) is 4.40. The molecule has 31 heavy (non-hydrogen) atoms. The van der Waals surface area contributed by atoms with E-state index in [0.29, 0.717) is 32.4 Å². The zero-order chi connectivity index (χ0) is 22.0. The molecule has 162 valence electrons. The van der Waals surface area contributed by atoms with Gasteiger partial charge in [0.25, 0.3) is 0 Å². The van der Waals surface area contributed by atoms with Crippen LogP contribution in [0.15, 0.2) is 48.8 Å². The first-order valence-electron chi connectivity index (χ1n) is 10.6. The van der Waals surface area contributed by atoms with Crippen LogP contribution < -0.4 is 10.5 Å². The van der Waals surface area contributed by atoms with Gasteiger partial charge >= 0.3 is 0 Å². The lowest BCUT2D eigenvalue weighted by Crippen LogP contribution is -2.42. The fraction of sp³-hybridized carbons (Fsp3) is 0.375. The summed E-state index contributed by atoms with van der Waals surface area (Å²) in [5.74, 6) is 0.233. The zero-order valence-corrected chi connectivity index (χ0v) is 18.0. The van der Waals surface area contributed by atoms with Crippen molar-refractivity contribution in [3.8, 4) is 5.75 Å². The Balaban J connectivity index is 1.65. The molecule has 2 amide bonds. The van der Waals surface area contributed by atoms with Gasteiger partial charge in [0.15, 0.2) is 0 Å². The Bertz CT molecular complexity index is 1100. The fourth-order valence-electron chi connectivity index (χ4n) is 4.40. The molecule has 0 saturated carbocycles. The monoisotopic (exact) mass is 420 g/mol. The molecule has 7 nitrogen and oxygen atoms in total. The smallest absolute Gasteiger partial charge is 0.223 e. The molecule has 2 N–H and O–H groups in total. The van der Waals surface area contributed by atoms with Crippen LogP contribution in [0.1, 0.15) is 42.0 Å². The molecule has 1 saturated heterocycles. The molecule has 2 aromatic heterocycles. The molecule has 0 aliphatic carbocycles. The van der Waals surface area contributed by atoms with E-state index in [0.717, 1.165) is 28.2 Å². The number of ether oxygens (including phenoxy) is 1. The minimum absolute atomic E-state index is 0.0679. The summed E-state index contributed by atoms with van der Waals surface area (Å²) in [4.78, 5) is 31.2. The normalized spacial score (nSPS) is 15.7. The first kappa shape index (κ1) is 20.9. The second-order valence-corrected chi connectivity index (χ2v) is 8.16. The minimum Gasteiger partial charge on any atom is -0.497 e. The number of rotatable bonds is 6. The number of primary amides is 1. The van der Waals surface area contributed by atoms with Crippen molar-refractivity contribution in [2.45, 2.75) is 32.1 Å². The molecular weight excluding hydrogens is 392 g/mol. The Morgan fingerprint density at radius 2 is 2.00 bits per heavy atom. The molecule has 1 aliphatic rings. The van der Waals surface area contributed by atoms with Gasteiger partial charge in [-0.05, 0) is 49.1 Å². The number of nitrogens with zero attached hydrogens (tertiary/aromatic N) is 3. The first-order valence-corrected chi connectivity index (χ1v) is 10.6. The quantitative estimate of drug-likeness (QED) is 0.664. The van der Waals surface area contributed by atoms with E-state index in [1.54, 1.807) is 7.11 Å². The van der Waals surface area contributed by atoms with Crippen LogP contribution in [0.25, 0.3) is 5.65 Å². The van der Waals surface area contributed by atoms with Crippen LogP contribution >= 0.6 is 0 Å². The lowest BCUT2D eigenvalue weighted by atomic mass is 9.90. The Morgan fingerprint density at radius 3 is 2.71 bits per heavy atom. The highest BCUT2D eigenvalue weighted by Gasteiger charge is 2.29. The lowest BCUT2D eigenvalue weighted by Gasteiger charge is -2.31. The highest BCUT2D eigenvalue weighted by atomic mass is 16.5. The Kier molecular flexibility index (Phi) is 5.93. The molecule has 3 heterocycles. The molecule has 1 atom stereocenters. The highest BCUT2D eigenvalue weighted by molar-refractivity contribution is 5.79. The predicted molar refractivity (Wildman–Crippen MR) is 118 cm³/mol. The van der Waals surface area contributed by atoms with Crippen LogP contribution in [-0.4, -0.2) is 46.3 Å². The maximum absolute atomic E-state index is 13.3. The Labute approximate surface area is 181 Å². The number of aromatic nitrogens is 2. The number of carbonyl (C=O) groups is 2. The third kappa shape index (κ3) is 4.26. The van der Waals surface area contributed by atoms with Crippen molar-refractivity contribution < 1.29 is 14.3 Å². The van der Waals surface area contributed by atoms with Gasteiger partial charge in [-0.1, -0.05) is 18.2 Å². The largest absolute Gasteiger partial charge is 0.497 e. The number of benzene rings is 1. The summed E-state index contributed by atoms with van der Waals surface area (Å²) in [6.07, 6.45) is 5.41. The van der Waals surface area contributed by atoms with Crippen molar-refractivity contribution in [2.24, 2.45) is 11.7 Å². The van der Waals surface area contributed by atoms with Gasteiger partial charge in [-0.15, -0.1) is 0 Å². The van der Waals surface area contributed by atoms with Crippen molar-refractivity contribution in [2.75, 3.05) is 20.2 Å². The maximum Gasteiger partial charge on any atom is 0.223 e. The van der Waals surface area contributed by atoms with Crippen molar-refractivity contribution >= 4 is 17.5 Å². The van der Waals surface area contributed by atoms with E-state index in [4.69, 9.17) is 10.5 Å². The van der Waals surface area contributed by atoms with Gasteiger partial charge in [0.1, 0.15) is 11.4 Å². The summed E-state index contributed by atoms with van der Waals surface area (Å²) in [6, 6.07) is 11.9. The van der Waals surface area contributed by atoms with Crippen LogP contribution in [0, 0.1) is 12.8 Å².